The molecular formula is C29H23BrN2O4. The molecule has 0 aliphatic heterocycles. The van der Waals surface area contributed by atoms with Crippen molar-refractivity contribution in [3.63, 3.8) is 0 Å². The van der Waals surface area contributed by atoms with Crippen molar-refractivity contribution in [2.75, 3.05) is 0 Å². The number of amides is 1. The zero-order valence-electron chi connectivity index (χ0n) is 19.5. The molecule has 7 heteroatoms. The quantitative estimate of drug-likeness (QED) is 0.122. The number of hydrogen-bond donors (Lipinski definition) is 1. The highest BCUT2D eigenvalue weighted by molar-refractivity contribution is 9.10. The van der Waals surface area contributed by atoms with Crippen LogP contribution in [0.1, 0.15) is 37.4 Å². The van der Waals surface area contributed by atoms with Crippen LogP contribution in [0.4, 0.5) is 0 Å². The number of benzene rings is 4. The molecule has 0 spiro atoms. The van der Waals surface area contributed by atoms with E-state index in [1.165, 1.54) is 6.21 Å². The third-order valence-electron chi connectivity index (χ3n) is 5.20. The fourth-order valence-corrected chi connectivity index (χ4v) is 3.61. The summed E-state index contributed by atoms with van der Waals surface area (Å²) in [6.45, 7) is 2.39. The molecule has 36 heavy (non-hydrogen) atoms. The minimum absolute atomic E-state index is 0.321. The highest BCUT2D eigenvalue weighted by Crippen LogP contribution is 2.23. The van der Waals surface area contributed by atoms with Crippen molar-refractivity contribution in [2.24, 2.45) is 5.10 Å². The van der Waals surface area contributed by atoms with Crippen LogP contribution in [0.5, 0.6) is 11.5 Å². The second-order valence-electron chi connectivity index (χ2n) is 7.94. The number of hydrazone groups is 1. The SMILES string of the molecule is Cc1ccc(C(=O)Oc2ccc(Br)cc2C=NNC(=O)c2ccc(OCc3ccccc3)cc2)cc1. The number of carbonyl (C=O) groups is 2. The van der Waals surface area contributed by atoms with E-state index in [1.54, 1.807) is 54.6 Å². The smallest absolute Gasteiger partial charge is 0.343 e. The Morgan fingerprint density at radius 1 is 0.889 bits per heavy atom. The molecule has 0 aliphatic rings. The Balaban J connectivity index is 1.37. The monoisotopic (exact) mass is 542 g/mol. The van der Waals surface area contributed by atoms with E-state index in [0.29, 0.717) is 34.8 Å². The standard InChI is InChI=1S/C29H23BrN2O4/c1-20-7-9-23(10-8-20)29(34)36-27-16-13-25(30)17-24(27)18-31-32-28(33)22-11-14-26(15-12-22)35-19-21-5-3-2-4-6-21/h2-18H,19H2,1H3,(H,32,33). The van der Waals surface area contributed by atoms with Gasteiger partial charge in [-0.05, 0) is 67.1 Å². The third kappa shape index (κ3) is 6.90. The lowest BCUT2D eigenvalue weighted by Gasteiger charge is -2.08. The first-order valence-electron chi connectivity index (χ1n) is 11.2. The summed E-state index contributed by atoms with van der Waals surface area (Å²) in [4.78, 5) is 25.0. The molecule has 0 aromatic heterocycles. The van der Waals surface area contributed by atoms with Crippen molar-refractivity contribution < 1.29 is 19.1 Å². The van der Waals surface area contributed by atoms with Gasteiger partial charge in [0.15, 0.2) is 0 Å². The van der Waals surface area contributed by atoms with Gasteiger partial charge in [0, 0.05) is 15.6 Å². The molecule has 0 saturated carbocycles. The van der Waals surface area contributed by atoms with Gasteiger partial charge in [0.2, 0.25) is 0 Å². The van der Waals surface area contributed by atoms with Gasteiger partial charge in [-0.1, -0.05) is 64.0 Å². The molecule has 1 N–H and O–H groups in total. The molecule has 4 rings (SSSR count). The van der Waals surface area contributed by atoms with Crippen LogP contribution in [0.25, 0.3) is 0 Å². The van der Waals surface area contributed by atoms with Gasteiger partial charge in [-0.3, -0.25) is 4.79 Å². The van der Waals surface area contributed by atoms with E-state index in [9.17, 15) is 9.59 Å². The van der Waals surface area contributed by atoms with Crippen molar-refractivity contribution in [1.82, 2.24) is 5.43 Å². The number of halogens is 1. The lowest BCUT2D eigenvalue weighted by molar-refractivity contribution is 0.0734. The average Bonchev–Trinajstić information content (AvgIpc) is 2.90. The Labute approximate surface area is 217 Å². The zero-order chi connectivity index (χ0) is 25.3. The number of nitrogens with one attached hydrogen (secondary N) is 1. The van der Waals surface area contributed by atoms with Crippen molar-refractivity contribution in [3.8, 4) is 11.5 Å². The molecule has 0 saturated heterocycles. The summed E-state index contributed by atoms with van der Waals surface area (Å²) >= 11 is 3.41. The first kappa shape index (κ1) is 24.9. The molecule has 0 atom stereocenters. The summed E-state index contributed by atoms with van der Waals surface area (Å²) in [5, 5.41) is 4.04. The highest BCUT2D eigenvalue weighted by atomic mass is 79.9. The fourth-order valence-electron chi connectivity index (χ4n) is 3.23. The lowest BCUT2D eigenvalue weighted by atomic mass is 10.1. The van der Waals surface area contributed by atoms with Gasteiger partial charge < -0.3 is 9.47 Å². The Morgan fingerprint density at radius 2 is 1.58 bits per heavy atom. The molecule has 180 valence electrons. The summed E-state index contributed by atoms with van der Waals surface area (Å²) in [5.74, 6) is 0.120. The maximum atomic E-state index is 12.5. The van der Waals surface area contributed by atoms with E-state index >= 15 is 0 Å². The largest absolute Gasteiger partial charge is 0.489 e. The van der Waals surface area contributed by atoms with Gasteiger partial charge in [0.05, 0.1) is 11.8 Å². The molecule has 1 amide bonds. The van der Waals surface area contributed by atoms with Gasteiger partial charge in [0.25, 0.3) is 5.91 Å². The first-order chi connectivity index (χ1) is 17.5. The maximum Gasteiger partial charge on any atom is 0.343 e. The van der Waals surface area contributed by atoms with Crippen LogP contribution in [-0.4, -0.2) is 18.1 Å². The predicted molar refractivity (Wildman–Crippen MR) is 143 cm³/mol. The van der Waals surface area contributed by atoms with Crippen LogP contribution < -0.4 is 14.9 Å². The maximum absolute atomic E-state index is 12.5. The Kier molecular flexibility index (Phi) is 8.26. The van der Waals surface area contributed by atoms with Gasteiger partial charge in [-0.15, -0.1) is 0 Å². The normalized spacial score (nSPS) is 10.7. The molecule has 0 heterocycles. The number of carbonyl (C=O) groups excluding carboxylic acids is 2. The summed E-state index contributed by atoms with van der Waals surface area (Å²) in [6.07, 6.45) is 1.43. The zero-order valence-corrected chi connectivity index (χ0v) is 21.1. The van der Waals surface area contributed by atoms with Crippen LogP contribution >= 0.6 is 15.9 Å². The number of rotatable bonds is 8. The van der Waals surface area contributed by atoms with Crippen molar-refractivity contribution in [2.45, 2.75) is 13.5 Å². The Hall–Kier alpha value is -4.23. The van der Waals surface area contributed by atoms with Crippen LogP contribution in [0, 0.1) is 6.92 Å². The lowest BCUT2D eigenvalue weighted by Crippen LogP contribution is -2.17. The molecule has 6 nitrogen and oxygen atoms in total. The van der Waals surface area contributed by atoms with E-state index in [4.69, 9.17) is 9.47 Å². The summed E-state index contributed by atoms with van der Waals surface area (Å²) in [7, 11) is 0. The number of ether oxygens (including phenoxy) is 2. The summed E-state index contributed by atoms with van der Waals surface area (Å²) in [5.41, 5.74) is 6.00. The molecule has 0 unspecified atom stereocenters. The molecule has 0 fully saturated rings. The summed E-state index contributed by atoms with van der Waals surface area (Å²) in [6, 6.07) is 28.9. The van der Waals surface area contributed by atoms with Gasteiger partial charge in [-0.2, -0.15) is 5.10 Å². The molecule has 0 radical (unpaired) electrons. The molecule has 4 aromatic carbocycles. The van der Waals surface area contributed by atoms with E-state index in [0.717, 1.165) is 15.6 Å². The van der Waals surface area contributed by atoms with Crippen LogP contribution in [0.2, 0.25) is 0 Å². The number of aryl methyl sites for hydroxylation is 1. The minimum atomic E-state index is -0.481. The number of esters is 1. The summed E-state index contributed by atoms with van der Waals surface area (Å²) < 4.78 is 12.1. The second kappa shape index (κ2) is 12.0. The molecule has 4 aromatic rings. The van der Waals surface area contributed by atoms with Gasteiger partial charge in [0.1, 0.15) is 18.1 Å². The Bertz CT molecular complexity index is 1370. The number of hydrogen-bond acceptors (Lipinski definition) is 5. The van der Waals surface area contributed by atoms with Crippen LogP contribution in [0.3, 0.4) is 0 Å². The number of nitrogens with zero attached hydrogens (tertiary/aromatic N) is 1. The van der Waals surface area contributed by atoms with E-state index in [-0.39, 0.29) is 5.91 Å². The van der Waals surface area contributed by atoms with Crippen molar-refractivity contribution in [1.29, 1.82) is 0 Å². The minimum Gasteiger partial charge on any atom is -0.489 e. The van der Waals surface area contributed by atoms with Gasteiger partial charge in [-0.25, -0.2) is 10.2 Å². The van der Waals surface area contributed by atoms with E-state index in [2.05, 4.69) is 26.5 Å². The van der Waals surface area contributed by atoms with E-state index in [1.807, 2.05) is 49.4 Å². The second-order valence-corrected chi connectivity index (χ2v) is 8.85. The molecular weight excluding hydrogens is 520 g/mol. The van der Waals surface area contributed by atoms with Crippen molar-refractivity contribution in [3.05, 3.63) is 129 Å². The highest BCUT2D eigenvalue weighted by Gasteiger charge is 2.12. The van der Waals surface area contributed by atoms with Gasteiger partial charge >= 0.3 is 5.97 Å². The predicted octanol–water partition coefficient (Wildman–Crippen LogP) is 6.32. The molecule has 0 aliphatic carbocycles. The molecule has 0 bridgehead atoms. The van der Waals surface area contributed by atoms with Crippen LogP contribution in [0.15, 0.2) is 107 Å². The fraction of sp³-hybridized carbons (Fsp3) is 0.0690. The topological polar surface area (TPSA) is 77.0 Å². The van der Waals surface area contributed by atoms with Crippen LogP contribution in [-0.2, 0) is 6.61 Å². The Morgan fingerprint density at radius 3 is 2.31 bits per heavy atom. The van der Waals surface area contributed by atoms with Crippen molar-refractivity contribution >= 4 is 34.0 Å². The first-order valence-corrected chi connectivity index (χ1v) is 12.0. The van der Waals surface area contributed by atoms with E-state index < -0.39 is 5.97 Å². The average molecular weight is 543 g/mol. The third-order valence-corrected chi connectivity index (χ3v) is 5.69.